The summed E-state index contributed by atoms with van der Waals surface area (Å²) in [6.07, 6.45) is 7.99. The molecule has 4 heteroatoms. The van der Waals surface area contributed by atoms with Crippen molar-refractivity contribution in [2.24, 2.45) is 0 Å². The number of hydrogen-bond acceptors (Lipinski definition) is 3. The van der Waals surface area contributed by atoms with E-state index < -0.39 is 0 Å². The van der Waals surface area contributed by atoms with Crippen LogP contribution in [0.2, 0.25) is 0 Å². The molecule has 0 bridgehead atoms. The summed E-state index contributed by atoms with van der Waals surface area (Å²) in [7, 11) is 0. The fraction of sp³-hybridized carbons (Fsp3) is 0.250. The molecule has 2 aromatic heterocycles. The predicted octanol–water partition coefficient (Wildman–Crippen LogP) is 4.07. The van der Waals surface area contributed by atoms with E-state index in [2.05, 4.69) is 23.8 Å². The minimum absolute atomic E-state index is 0.0463. The first kappa shape index (κ1) is 16.1. The van der Waals surface area contributed by atoms with Crippen LogP contribution in [0.1, 0.15) is 36.2 Å². The van der Waals surface area contributed by atoms with Crippen LogP contribution < -0.4 is 0 Å². The molecule has 1 amide bonds. The molecule has 0 fully saturated rings. The highest BCUT2D eigenvalue weighted by Crippen LogP contribution is 2.22. The number of rotatable bonds is 5. The van der Waals surface area contributed by atoms with Crippen molar-refractivity contribution in [2.75, 3.05) is 0 Å². The summed E-state index contributed by atoms with van der Waals surface area (Å²) < 4.78 is 0. The van der Waals surface area contributed by atoms with E-state index in [1.165, 1.54) is 0 Å². The summed E-state index contributed by atoms with van der Waals surface area (Å²) in [5.41, 5.74) is 1.76. The van der Waals surface area contributed by atoms with E-state index in [9.17, 15) is 4.79 Å². The number of aromatic nitrogens is 2. The van der Waals surface area contributed by atoms with Gasteiger partial charge in [-0.25, -0.2) is 0 Å². The Labute approximate surface area is 142 Å². The lowest BCUT2D eigenvalue weighted by molar-refractivity contribution is 0.0673. The third-order valence-corrected chi connectivity index (χ3v) is 4.37. The smallest absolute Gasteiger partial charge is 0.255 e. The van der Waals surface area contributed by atoms with Gasteiger partial charge in [0.1, 0.15) is 0 Å². The number of benzene rings is 1. The van der Waals surface area contributed by atoms with Gasteiger partial charge in [0.25, 0.3) is 5.91 Å². The van der Waals surface area contributed by atoms with E-state index in [1.54, 1.807) is 18.6 Å². The summed E-state index contributed by atoms with van der Waals surface area (Å²) in [5, 5.41) is 1.92. The maximum absolute atomic E-state index is 13.2. The number of pyridine rings is 2. The fourth-order valence-electron chi connectivity index (χ4n) is 2.80. The SMILES string of the molecule is CC[C@@H](C)N(Cc1cccnc1)C(=O)c1cccc2cnccc12. The van der Waals surface area contributed by atoms with E-state index in [1.807, 2.05) is 47.5 Å². The first-order chi connectivity index (χ1) is 11.7. The van der Waals surface area contributed by atoms with E-state index in [0.29, 0.717) is 6.54 Å². The molecule has 4 nitrogen and oxygen atoms in total. The standard InChI is InChI=1S/C20H21N3O/c1-3-15(2)23(14-16-6-5-10-21-12-16)20(24)19-8-4-7-17-13-22-11-9-18(17)19/h4-13,15H,3,14H2,1-2H3/t15-/m1/s1. The van der Waals surface area contributed by atoms with Crippen LogP contribution in [0.4, 0.5) is 0 Å². The summed E-state index contributed by atoms with van der Waals surface area (Å²) in [5.74, 6) is 0.0463. The number of fused-ring (bicyclic) bond motifs is 1. The second kappa shape index (κ2) is 7.21. The van der Waals surface area contributed by atoms with Crippen molar-refractivity contribution >= 4 is 16.7 Å². The van der Waals surface area contributed by atoms with Crippen molar-refractivity contribution in [3.8, 4) is 0 Å². The molecule has 0 aliphatic carbocycles. The Balaban J connectivity index is 1.99. The summed E-state index contributed by atoms with van der Waals surface area (Å²) in [6.45, 7) is 4.74. The third kappa shape index (κ3) is 3.27. The molecule has 2 heterocycles. The number of carbonyl (C=O) groups excluding carboxylic acids is 1. The lowest BCUT2D eigenvalue weighted by atomic mass is 10.0. The second-order valence-electron chi connectivity index (χ2n) is 5.95. The van der Waals surface area contributed by atoms with Gasteiger partial charge in [-0.3, -0.25) is 14.8 Å². The van der Waals surface area contributed by atoms with Crippen LogP contribution in [0.25, 0.3) is 10.8 Å². The lowest BCUT2D eigenvalue weighted by Gasteiger charge is -2.29. The molecule has 0 unspecified atom stereocenters. The Bertz CT molecular complexity index is 827. The first-order valence-electron chi connectivity index (χ1n) is 8.23. The first-order valence-corrected chi connectivity index (χ1v) is 8.23. The Kier molecular flexibility index (Phi) is 4.85. The zero-order chi connectivity index (χ0) is 16.9. The van der Waals surface area contributed by atoms with Crippen molar-refractivity contribution in [1.29, 1.82) is 0 Å². The molecule has 3 rings (SSSR count). The summed E-state index contributed by atoms with van der Waals surface area (Å²) >= 11 is 0. The van der Waals surface area contributed by atoms with Crippen LogP contribution in [0, 0.1) is 0 Å². The molecule has 1 atom stereocenters. The van der Waals surface area contributed by atoms with Crippen LogP contribution in [-0.4, -0.2) is 26.8 Å². The normalized spacial score (nSPS) is 12.1. The van der Waals surface area contributed by atoms with E-state index >= 15 is 0 Å². The molecular formula is C20H21N3O. The van der Waals surface area contributed by atoms with Gasteiger partial charge >= 0.3 is 0 Å². The van der Waals surface area contributed by atoms with Gasteiger partial charge in [0, 0.05) is 48.3 Å². The number of carbonyl (C=O) groups is 1. The van der Waals surface area contributed by atoms with Gasteiger partial charge in [-0.05, 0) is 42.5 Å². The van der Waals surface area contributed by atoms with Crippen molar-refractivity contribution in [3.05, 3.63) is 72.3 Å². The number of amides is 1. The largest absolute Gasteiger partial charge is 0.332 e. The summed E-state index contributed by atoms with van der Waals surface area (Å²) in [4.78, 5) is 23.5. The minimum atomic E-state index is 0.0463. The Morgan fingerprint density at radius 3 is 2.67 bits per heavy atom. The maximum atomic E-state index is 13.2. The van der Waals surface area contributed by atoms with Gasteiger partial charge in [0.2, 0.25) is 0 Å². The second-order valence-corrected chi connectivity index (χ2v) is 5.95. The molecule has 0 saturated carbocycles. The van der Waals surface area contributed by atoms with Crippen molar-refractivity contribution in [3.63, 3.8) is 0 Å². The number of hydrogen-bond donors (Lipinski definition) is 0. The predicted molar refractivity (Wildman–Crippen MR) is 95.6 cm³/mol. The zero-order valence-corrected chi connectivity index (χ0v) is 14.0. The highest BCUT2D eigenvalue weighted by molar-refractivity contribution is 6.06. The van der Waals surface area contributed by atoms with Gasteiger partial charge in [-0.2, -0.15) is 0 Å². The van der Waals surface area contributed by atoms with Crippen LogP contribution in [0.5, 0.6) is 0 Å². The van der Waals surface area contributed by atoms with E-state index in [0.717, 1.165) is 28.3 Å². The monoisotopic (exact) mass is 319 g/mol. The Morgan fingerprint density at radius 1 is 1.08 bits per heavy atom. The molecule has 0 saturated heterocycles. The maximum Gasteiger partial charge on any atom is 0.255 e. The topological polar surface area (TPSA) is 46.1 Å². The molecule has 0 aliphatic rings. The highest BCUT2D eigenvalue weighted by atomic mass is 16.2. The van der Waals surface area contributed by atoms with Gasteiger partial charge in [-0.15, -0.1) is 0 Å². The van der Waals surface area contributed by atoms with Crippen molar-refractivity contribution < 1.29 is 4.79 Å². The minimum Gasteiger partial charge on any atom is -0.332 e. The average molecular weight is 319 g/mol. The molecule has 1 aromatic carbocycles. The quantitative estimate of drug-likeness (QED) is 0.712. The van der Waals surface area contributed by atoms with E-state index in [4.69, 9.17) is 0 Å². The number of nitrogens with zero attached hydrogens (tertiary/aromatic N) is 3. The molecular weight excluding hydrogens is 298 g/mol. The van der Waals surface area contributed by atoms with Gasteiger partial charge < -0.3 is 4.90 Å². The lowest BCUT2D eigenvalue weighted by Crippen LogP contribution is -2.37. The summed E-state index contributed by atoms with van der Waals surface area (Å²) in [6, 6.07) is 11.7. The Hall–Kier alpha value is -2.75. The van der Waals surface area contributed by atoms with Crippen LogP contribution in [-0.2, 0) is 6.54 Å². The molecule has 24 heavy (non-hydrogen) atoms. The molecule has 0 radical (unpaired) electrons. The van der Waals surface area contributed by atoms with Crippen LogP contribution >= 0.6 is 0 Å². The third-order valence-electron chi connectivity index (χ3n) is 4.37. The molecule has 0 N–H and O–H groups in total. The fourth-order valence-corrected chi connectivity index (χ4v) is 2.80. The van der Waals surface area contributed by atoms with Crippen molar-refractivity contribution in [2.45, 2.75) is 32.9 Å². The average Bonchev–Trinajstić information content (AvgIpc) is 2.65. The molecule has 3 aromatic rings. The molecule has 0 aliphatic heterocycles. The highest BCUT2D eigenvalue weighted by Gasteiger charge is 2.22. The molecule has 122 valence electrons. The van der Waals surface area contributed by atoms with Gasteiger partial charge in [0.05, 0.1) is 0 Å². The zero-order valence-electron chi connectivity index (χ0n) is 14.0. The van der Waals surface area contributed by atoms with Crippen LogP contribution in [0.15, 0.2) is 61.2 Å². The van der Waals surface area contributed by atoms with Gasteiger partial charge in [-0.1, -0.05) is 25.1 Å². The van der Waals surface area contributed by atoms with Crippen LogP contribution in [0.3, 0.4) is 0 Å². The van der Waals surface area contributed by atoms with E-state index in [-0.39, 0.29) is 11.9 Å². The van der Waals surface area contributed by atoms with Crippen molar-refractivity contribution in [1.82, 2.24) is 14.9 Å². The molecule has 0 spiro atoms. The van der Waals surface area contributed by atoms with Gasteiger partial charge in [0.15, 0.2) is 0 Å². The Morgan fingerprint density at radius 2 is 1.92 bits per heavy atom.